The monoisotopic (exact) mass is 195 g/mol. The number of halogens is 1. The smallest absolute Gasteiger partial charge is 0.123 e. The van der Waals surface area contributed by atoms with Crippen molar-refractivity contribution in [2.75, 3.05) is 0 Å². The minimum absolute atomic E-state index is 0.0282. The van der Waals surface area contributed by atoms with Crippen LogP contribution in [0.25, 0.3) is 10.1 Å². The summed E-state index contributed by atoms with van der Waals surface area (Å²) in [5.74, 6) is -0.193. The van der Waals surface area contributed by atoms with E-state index in [2.05, 4.69) is 0 Å². The molecule has 13 heavy (non-hydrogen) atoms. The molecule has 1 aromatic carbocycles. The maximum Gasteiger partial charge on any atom is 0.123 e. The molecule has 1 atom stereocenters. The van der Waals surface area contributed by atoms with Crippen molar-refractivity contribution in [3.05, 3.63) is 35.0 Å². The van der Waals surface area contributed by atoms with Crippen LogP contribution in [-0.2, 0) is 0 Å². The molecule has 1 heterocycles. The van der Waals surface area contributed by atoms with Gasteiger partial charge in [0.15, 0.2) is 0 Å². The lowest BCUT2D eigenvalue weighted by Gasteiger charge is -1.96. The molecular weight excluding hydrogens is 185 g/mol. The molecule has 0 radical (unpaired) electrons. The van der Waals surface area contributed by atoms with Crippen molar-refractivity contribution in [1.29, 1.82) is 0 Å². The van der Waals surface area contributed by atoms with E-state index in [0.29, 0.717) is 0 Å². The summed E-state index contributed by atoms with van der Waals surface area (Å²) in [5.41, 5.74) is 5.73. The topological polar surface area (TPSA) is 26.0 Å². The van der Waals surface area contributed by atoms with E-state index in [0.717, 1.165) is 15.0 Å². The van der Waals surface area contributed by atoms with Crippen LogP contribution in [0.15, 0.2) is 24.3 Å². The van der Waals surface area contributed by atoms with Crippen LogP contribution in [0.4, 0.5) is 4.39 Å². The first-order valence-electron chi connectivity index (χ1n) is 4.11. The molecule has 0 aliphatic heterocycles. The third-order valence-corrected chi connectivity index (χ3v) is 3.26. The average molecular weight is 195 g/mol. The molecule has 0 unspecified atom stereocenters. The summed E-state index contributed by atoms with van der Waals surface area (Å²) >= 11 is 1.62. The van der Waals surface area contributed by atoms with Crippen molar-refractivity contribution in [2.45, 2.75) is 13.0 Å². The second-order valence-corrected chi connectivity index (χ2v) is 4.23. The quantitative estimate of drug-likeness (QED) is 0.743. The standard InChI is InChI=1S/C10H10FNS/c1-6(12)10-5-7-4-8(11)2-3-9(7)13-10/h2-6H,12H2,1H3/t6-/m0/s1. The summed E-state index contributed by atoms with van der Waals surface area (Å²) < 4.78 is 13.9. The van der Waals surface area contributed by atoms with Gasteiger partial charge in [-0.3, -0.25) is 0 Å². The molecular formula is C10H10FNS. The zero-order valence-electron chi connectivity index (χ0n) is 7.25. The van der Waals surface area contributed by atoms with Gasteiger partial charge in [0, 0.05) is 15.6 Å². The Bertz CT molecular complexity index is 433. The summed E-state index contributed by atoms with van der Waals surface area (Å²) in [7, 11) is 0. The zero-order chi connectivity index (χ0) is 9.42. The van der Waals surface area contributed by atoms with Gasteiger partial charge in [-0.15, -0.1) is 11.3 Å². The fourth-order valence-corrected chi connectivity index (χ4v) is 2.26. The molecule has 0 fully saturated rings. The minimum Gasteiger partial charge on any atom is -0.324 e. The Morgan fingerprint density at radius 2 is 2.15 bits per heavy atom. The maximum absolute atomic E-state index is 12.8. The Labute approximate surface area is 80.0 Å². The van der Waals surface area contributed by atoms with Crippen LogP contribution in [0.1, 0.15) is 17.8 Å². The second-order valence-electron chi connectivity index (χ2n) is 3.12. The van der Waals surface area contributed by atoms with Crippen molar-refractivity contribution in [2.24, 2.45) is 5.73 Å². The molecule has 0 spiro atoms. The maximum atomic E-state index is 12.8. The summed E-state index contributed by atoms with van der Waals surface area (Å²) in [6.07, 6.45) is 0. The lowest BCUT2D eigenvalue weighted by molar-refractivity contribution is 0.630. The number of benzene rings is 1. The molecule has 3 heteroatoms. The third-order valence-electron chi connectivity index (χ3n) is 1.95. The first kappa shape index (κ1) is 8.66. The summed E-state index contributed by atoms with van der Waals surface area (Å²) in [6, 6.07) is 6.79. The molecule has 0 saturated carbocycles. The largest absolute Gasteiger partial charge is 0.324 e. The van der Waals surface area contributed by atoms with Crippen LogP contribution >= 0.6 is 11.3 Å². The SMILES string of the molecule is C[C@H](N)c1cc2cc(F)ccc2s1. The molecule has 68 valence electrons. The highest BCUT2D eigenvalue weighted by molar-refractivity contribution is 7.19. The number of nitrogens with two attached hydrogens (primary N) is 1. The van der Waals surface area contributed by atoms with E-state index >= 15 is 0 Å². The second kappa shape index (κ2) is 3.09. The van der Waals surface area contributed by atoms with Crippen molar-refractivity contribution >= 4 is 21.4 Å². The van der Waals surface area contributed by atoms with Crippen LogP contribution in [0, 0.1) is 5.82 Å². The Hall–Kier alpha value is -0.930. The van der Waals surface area contributed by atoms with Gasteiger partial charge >= 0.3 is 0 Å². The number of thiophene rings is 1. The van der Waals surface area contributed by atoms with E-state index in [-0.39, 0.29) is 11.9 Å². The van der Waals surface area contributed by atoms with Crippen LogP contribution in [0.3, 0.4) is 0 Å². The lowest BCUT2D eigenvalue weighted by Crippen LogP contribution is -2.01. The Morgan fingerprint density at radius 3 is 2.85 bits per heavy atom. The van der Waals surface area contributed by atoms with Crippen LogP contribution in [-0.4, -0.2) is 0 Å². The molecule has 2 aromatic rings. The number of hydrogen-bond donors (Lipinski definition) is 1. The number of fused-ring (bicyclic) bond motifs is 1. The van der Waals surface area contributed by atoms with E-state index in [1.54, 1.807) is 17.4 Å². The molecule has 0 bridgehead atoms. The Balaban J connectivity index is 2.62. The van der Waals surface area contributed by atoms with Crippen LogP contribution in [0.2, 0.25) is 0 Å². The van der Waals surface area contributed by atoms with Gasteiger partial charge in [0.2, 0.25) is 0 Å². The van der Waals surface area contributed by atoms with E-state index in [1.807, 2.05) is 13.0 Å². The van der Waals surface area contributed by atoms with Gasteiger partial charge in [-0.05, 0) is 36.6 Å². The first-order chi connectivity index (χ1) is 6.16. The first-order valence-corrected chi connectivity index (χ1v) is 4.93. The average Bonchev–Trinajstić information content (AvgIpc) is 2.46. The van der Waals surface area contributed by atoms with E-state index in [4.69, 9.17) is 5.73 Å². The van der Waals surface area contributed by atoms with Crippen LogP contribution < -0.4 is 5.73 Å². The van der Waals surface area contributed by atoms with Crippen LogP contribution in [0.5, 0.6) is 0 Å². The molecule has 1 nitrogen and oxygen atoms in total. The highest BCUT2D eigenvalue weighted by Crippen LogP contribution is 2.29. The lowest BCUT2D eigenvalue weighted by atomic mass is 10.2. The molecule has 1 aromatic heterocycles. The van der Waals surface area contributed by atoms with Crippen molar-refractivity contribution < 1.29 is 4.39 Å². The van der Waals surface area contributed by atoms with Gasteiger partial charge in [-0.1, -0.05) is 0 Å². The molecule has 0 aliphatic carbocycles. The zero-order valence-corrected chi connectivity index (χ0v) is 8.07. The summed E-state index contributed by atoms with van der Waals surface area (Å²) in [6.45, 7) is 1.93. The predicted octanol–water partition coefficient (Wildman–Crippen LogP) is 3.06. The van der Waals surface area contributed by atoms with Gasteiger partial charge < -0.3 is 5.73 Å². The van der Waals surface area contributed by atoms with Gasteiger partial charge in [0.05, 0.1) is 0 Å². The third kappa shape index (κ3) is 1.57. The predicted molar refractivity (Wildman–Crippen MR) is 54.4 cm³/mol. The fourth-order valence-electron chi connectivity index (χ4n) is 1.26. The van der Waals surface area contributed by atoms with Gasteiger partial charge in [0.1, 0.15) is 5.82 Å². The van der Waals surface area contributed by atoms with Gasteiger partial charge in [-0.2, -0.15) is 0 Å². The molecule has 2 rings (SSSR count). The Morgan fingerprint density at radius 1 is 1.38 bits per heavy atom. The normalized spacial score (nSPS) is 13.5. The minimum atomic E-state index is -0.193. The molecule has 2 N–H and O–H groups in total. The number of hydrogen-bond acceptors (Lipinski definition) is 2. The molecule has 0 amide bonds. The summed E-state index contributed by atoms with van der Waals surface area (Å²) in [5, 5.41) is 0.942. The van der Waals surface area contributed by atoms with Gasteiger partial charge in [0.25, 0.3) is 0 Å². The summed E-state index contributed by atoms with van der Waals surface area (Å²) in [4.78, 5) is 1.10. The number of rotatable bonds is 1. The molecule has 0 aliphatic rings. The fraction of sp³-hybridized carbons (Fsp3) is 0.200. The Kier molecular flexibility index (Phi) is 2.06. The van der Waals surface area contributed by atoms with E-state index in [9.17, 15) is 4.39 Å². The highest BCUT2D eigenvalue weighted by atomic mass is 32.1. The van der Waals surface area contributed by atoms with E-state index < -0.39 is 0 Å². The van der Waals surface area contributed by atoms with Crippen molar-refractivity contribution in [3.8, 4) is 0 Å². The van der Waals surface area contributed by atoms with Gasteiger partial charge in [-0.25, -0.2) is 4.39 Å². The molecule has 0 saturated heterocycles. The highest BCUT2D eigenvalue weighted by Gasteiger charge is 2.05. The van der Waals surface area contributed by atoms with E-state index in [1.165, 1.54) is 12.1 Å². The van der Waals surface area contributed by atoms with Crippen molar-refractivity contribution in [3.63, 3.8) is 0 Å². The van der Waals surface area contributed by atoms with Crippen molar-refractivity contribution in [1.82, 2.24) is 0 Å².